The van der Waals surface area contributed by atoms with Crippen molar-refractivity contribution < 1.29 is 28.8 Å². The third-order valence-corrected chi connectivity index (χ3v) is 5.61. The molecule has 0 bridgehead atoms. The number of alkyl carbamates (subject to hydrolysis) is 1. The number of aliphatic hydroxyl groups is 1. The highest BCUT2D eigenvalue weighted by Crippen LogP contribution is 2.37. The first kappa shape index (κ1) is 22.7. The molecule has 31 heavy (non-hydrogen) atoms. The van der Waals surface area contributed by atoms with Crippen LogP contribution < -0.4 is 19.5 Å². The lowest BCUT2D eigenvalue weighted by Gasteiger charge is -2.27. The van der Waals surface area contributed by atoms with E-state index in [1.54, 1.807) is 63.8 Å². The van der Waals surface area contributed by atoms with E-state index in [-0.39, 0.29) is 6.04 Å². The molecule has 7 heteroatoms. The van der Waals surface area contributed by atoms with Gasteiger partial charge in [0.05, 0.1) is 21.3 Å². The second-order valence-corrected chi connectivity index (χ2v) is 7.67. The molecule has 0 saturated heterocycles. The highest BCUT2D eigenvalue weighted by atomic mass is 16.6. The molecule has 0 spiro atoms. The first-order valence-electron chi connectivity index (χ1n) is 10.6. The van der Waals surface area contributed by atoms with Crippen LogP contribution in [-0.2, 0) is 4.74 Å². The minimum Gasteiger partial charge on any atom is -0.497 e. The molecular formula is C24H31NO6. The molecule has 2 aromatic rings. The second-order valence-electron chi connectivity index (χ2n) is 7.67. The van der Waals surface area contributed by atoms with Crippen molar-refractivity contribution in [1.29, 1.82) is 0 Å². The summed E-state index contributed by atoms with van der Waals surface area (Å²) in [6.45, 7) is 0. The van der Waals surface area contributed by atoms with Gasteiger partial charge in [-0.1, -0.05) is 31.4 Å². The second kappa shape index (κ2) is 10.9. The summed E-state index contributed by atoms with van der Waals surface area (Å²) in [6.07, 6.45) is 2.65. The van der Waals surface area contributed by atoms with E-state index in [0.29, 0.717) is 28.4 Å². The largest absolute Gasteiger partial charge is 0.497 e. The number of nitrogens with one attached hydrogen (secondary N) is 1. The average molecular weight is 430 g/mol. The predicted molar refractivity (Wildman–Crippen MR) is 117 cm³/mol. The van der Waals surface area contributed by atoms with Crippen molar-refractivity contribution in [3.8, 4) is 17.2 Å². The highest BCUT2D eigenvalue weighted by molar-refractivity contribution is 5.68. The van der Waals surface area contributed by atoms with Crippen LogP contribution in [0.1, 0.15) is 55.4 Å². The Labute approximate surface area is 183 Å². The van der Waals surface area contributed by atoms with Crippen molar-refractivity contribution in [1.82, 2.24) is 5.32 Å². The van der Waals surface area contributed by atoms with Crippen molar-refractivity contribution in [2.75, 3.05) is 21.3 Å². The Morgan fingerprint density at radius 2 is 1.45 bits per heavy atom. The molecule has 1 aliphatic carbocycles. The first-order chi connectivity index (χ1) is 15.0. The molecule has 168 valence electrons. The molecule has 0 aromatic heterocycles. The Morgan fingerprint density at radius 3 is 2.00 bits per heavy atom. The number of benzene rings is 2. The lowest BCUT2D eigenvalue weighted by molar-refractivity contribution is -0.00176. The highest BCUT2D eigenvalue weighted by Gasteiger charge is 2.29. The normalized spacial score (nSPS) is 16.1. The molecule has 3 rings (SSSR count). The smallest absolute Gasteiger partial charge is 0.408 e. The van der Waals surface area contributed by atoms with Crippen LogP contribution in [0.15, 0.2) is 42.5 Å². The molecule has 1 amide bonds. The van der Waals surface area contributed by atoms with Gasteiger partial charge in [0, 0.05) is 17.7 Å². The first-order valence-corrected chi connectivity index (χ1v) is 10.6. The van der Waals surface area contributed by atoms with Crippen LogP contribution in [0.5, 0.6) is 17.2 Å². The molecule has 2 unspecified atom stereocenters. The number of aliphatic hydroxyl groups excluding tert-OH is 1. The van der Waals surface area contributed by atoms with Gasteiger partial charge < -0.3 is 29.4 Å². The van der Waals surface area contributed by atoms with E-state index in [1.807, 2.05) is 0 Å². The third-order valence-electron chi connectivity index (χ3n) is 5.61. The van der Waals surface area contributed by atoms with E-state index in [9.17, 15) is 9.90 Å². The van der Waals surface area contributed by atoms with Gasteiger partial charge in [-0.05, 0) is 42.7 Å². The molecule has 1 saturated carbocycles. The molecule has 2 aromatic carbocycles. The Bertz CT molecular complexity index is 825. The molecule has 1 fully saturated rings. The summed E-state index contributed by atoms with van der Waals surface area (Å²) in [6, 6.07) is 12.3. The van der Waals surface area contributed by atoms with Crippen molar-refractivity contribution in [2.24, 2.45) is 0 Å². The maximum Gasteiger partial charge on any atom is 0.408 e. The SMILES string of the molecule is COc1ccc(C(O)C(OC(=O)NC2CCCCC2)c2cc(OC)cc(OC)c2)cc1. The fraction of sp³-hybridized carbons (Fsp3) is 0.458. The molecule has 7 nitrogen and oxygen atoms in total. The predicted octanol–water partition coefficient (Wildman–Crippen LogP) is 4.55. The zero-order valence-electron chi connectivity index (χ0n) is 18.3. The number of hydrogen-bond acceptors (Lipinski definition) is 6. The van der Waals surface area contributed by atoms with Gasteiger partial charge in [0.25, 0.3) is 0 Å². The van der Waals surface area contributed by atoms with Gasteiger partial charge in [0.2, 0.25) is 0 Å². The molecule has 2 atom stereocenters. The van der Waals surface area contributed by atoms with Crippen LogP contribution in [0.2, 0.25) is 0 Å². The average Bonchev–Trinajstić information content (AvgIpc) is 2.82. The van der Waals surface area contributed by atoms with Gasteiger partial charge in [-0.15, -0.1) is 0 Å². The van der Waals surface area contributed by atoms with Crippen molar-refractivity contribution in [3.05, 3.63) is 53.6 Å². The van der Waals surface area contributed by atoms with Crippen molar-refractivity contribution in [2.45, 2.75) is 50.4 Å². The Morgan fingerprint density at radius 1 is 0.871 bits per heavy atom. The van der Waals surface area contributed by atoms with E-state index in [2.05, 4.69) is 5.32 Å². The summed E-state index contributed by atoms with van der Waals surface area (Å²) in [7, 11) is 4.67. The molecule has 2 N–H and O–H groups in total. The van der Waals surface area contributed by atoms with Crippen LogP contribution in [0.4, 0.5) is 4.79 Å². The number of carbonyl (C=O) groups excluding carboxylic acids is 1. The quantitative estimate of drug-likeness (QED) is 0.640. The van der Waals surface area contributed by atoms with Crippen LogP contribution >= 0.6 is 0 Å². The zero-order chi connectivity index (χ0) is 22.2. The van der Waals surface area contributed by atoms with E-state index in [4.69, 9.17) is 18.9 Å². The van der Waals surface area contributed by atoms with E-state index in [0.717, 1.165) is 25.7 Å². The van der Waals surface area contributed by atoms with Gasteiger partial charge in [-0.2, -0.15) is 0 Å². The van der Waals surface area contributed by atoms with Gasteiger partial charge in [-0.3, -0.25) is 0 Å². The maximum atomic E-state index is 12.7. The molecule has 0 heterocycles. The maximum absolute atomic E-state index is 12.7. The number of ether oxygens (including phenoxy) is 4. The summed E-state index contributed by atoms with van der Waals surface area (Å²) in [5, 5.41) is 14.1. The number of methoxy groups -OCH3 is 3. The van der Waals surface area contributed by atoms with Crippen LogP contribution in [0.3, 0.4) is 0 Å². The van der Waals surface area contributed by atoms with Gasteiger partial charge >= 0.3 is 6.09 Å². The lowest BCUT2D eigenvalue weighted by atomic mass is 9.96. The Balaban J connectivity index is 1.87. The summed E-state index contributed by atoms with van der Waals surface area (Å²) in [4.78, 5) is 12.7. The lowest BCUT2D eigenvalue weighted by Crippen LogP contribution is -2.37. The van der Waals surface area contributed by atoms with Crippen LogP contribution in [0, 0.1) is 0 Å². The van der Waals surface area contributed by atoms with E-state index < -0.39 is 18.3 Å². The fourth-order valence-corrected chi connectivity index (χ4v) is 3.85. The number of carbonyl (C=O) groups is 1. The minimum atomic E-state index is -1.10. The van der Waals surface area contributed by atoms with E-state index in [1.165, 1.54) is 6.42 Å². The standard InChI is InChI=1S/C24H31NO6/c1-28-19-11-9-16(10-12-19)22(26)23(17-13-20(29-2)15-21(14-17)30-3)31-24(27)25-18-7-5-4-6-8-18/h9-15,18,22-23,26H,4-8H2,1-3H3,(H,25,27). The monoisotopic (exact) mass is 429 g/mol. The topological polar surface area (TPSA) is 86.2 Å². The molecule has 1 aliphatic rings. The fourth-order valence-electron chi connectivity index (χ4n) is 3.85. The van der Waals surface area contributed by atoms with Gasteiger partial charge in [0.15, 0.2) is 6.10 Å². The van der Waals surface area contributed by atoms with Crippen molar-refractivity contribution >= 4 is 6.09 Å². The number of amides is 1. The van der Waals surface area contributed by atoms with E-state index >= 15 is 0 Å². The molecular weight excluding hydrogens is 398 g/mol. The van der Waals surface area contributed by atoms with Crippen LogP contribution in [0.25, 0.3) is 0 Å². The number of hydrogen-bond donors (Lipinski definition) is 2. The van der Waals surface area contributed by atoms with Crippen molar-refractivity contribution in [3.63, 3.8) is 0 Å². The minimum absolute atomic E-state index is 0.0971. The summed E-state index contributed by atoms with van der Waals surface area (Å²) >= 11 is 0. The van der Waals surface area contributed by atoms with Gasteiger partial charge in [-0.25, -0.2) is 4.79 Å². The molecule has 0 aliphatic heterocycles. The molecule has 0 radical (unpaired) electrons. The Hall–Kier alpha value is -2.93. The summed E-state index contributed by atoms with van der Waals surface area (Å²) in [5.41, 5.74) is 1.16. The third kappa shape index (κ3) is 6.04. The zero-order valence-corrected chi connectivity index (χ0v) is 18.3. The Kier molecular flexibility index (Phi) is 8.00. The number of rotatable bonds is 8. The summed E-state index contributed by atoms with van der Waals surface area (Å²) in [5.74, 6) is 1.75. The van der Waals surface area contributed by atoms with Gasteiger partial charge in [0.1, 0.15) is 23.4 Å². The summed E-state index contributed by atoms with van der Waals surface area (Å²) < 4.78 is 21.7. The van der Waals surface area contributed by atoms with Crippen LogP contribution in [-0.4, -0.2) is 38.6 Å².